The van der Waals surface area contributed by atoms with Crippen molar-refractivity contribution in [2.45, 2.75) is 12.7 Å². The van der Waals surface area contributed by atoms with Gasteiger partial charge in [0.15, 0.2) is 4.77 Å². The van der Waals surface area contributed by atoms with Crippen LogP contribution in [0, 0.1) is 4.77 Å². The van der Waals surface area contributed by atoms with Crippen molar-refractivity contribution in [1.82, 2.24) is 9.55 Å². The molecule has 16 heavy (non-hydrogen) atoms. The Kier molecular flexibility index (Phi) is 2.71. The normalized spacial score (nSPS) is 12.2. The van der Waals surface area contributed by atoms with Crippen LogP contribution >= 0.6 is 23.8 Å². The molecule has 1 aromatic heterocycles. The maximum absolute atomic E-state index is 12.3. The van der Waals surface area contributed by atoms with Gasteiger partial charge in [-0.1, -0.05) is 11.6 Å². The van der Waals surface area contributed by atoms with E-state index in [-0.39, 0.29) is 4.77 Å². The standard InChI is InChI=1S/C9H6ClF3N2S/c10-5-1-2-7-6(3-5)14-8(16)15(7)4-9(11,12)13/h1-3H,4H2,(H,14,16). The van der Waals surface area contributed by atoms with Gasteiger partial charge in [-0.3, -0.25) is 0 Å². The van der Waals surface area contributed by atoms with Crippen molar-refractivity contribution < 1.29 is 13.2 Å². The Morgan fingerprint density at radius 1 is 1.38 bits per heavy atom. The quantitative estimate of drug-likeness (QED) is 0.776. The molecule has 0 unspecified atom stereocenters. The first-order valence-electron chi connectivity index (χ1n) is 4.32. The highest BCUT2D eigenvalue weighted by Gasteiger charge is 2.29. The second-order valence-electron chi connectivity index (χ2n) is 3.29. The van der Waals surface area contributed by atoms with Crippen molar-refractivity contribution in [3.05, 3.63) is 28.0 Å². The minimum Gasteiger partial charge on any atom is -0.331 e. The minimum absolute atomic E-state index is 0.0367. The fourth-order valence-electron chi connectivity index (χ4n) is 1.47. The van der Waals surface area contributed by atoms with Crippen LogP contribution in [0.4, 0.5) is 13.2 Å². The van der Waals surface area contributed by atoms with Gasteiger partial charge < -0.3 is 9.55 Å². The molecule has 0 amide bonds. The van der Waals surface area contributed by atoms with E-state index in [0.29, 0.717) is 16.1 Å². The third-order valence-corrected chi connectivity index (χ3v) is 2.63. The van der Waals surface area contributed by atoms with Gasteiger partial charge >= 0.3 is 6.18 Å². The summed E-state index contributed by atoms with van der Waals surface area (Å²) < 4.78 is 37.9. The highest BCUT2D eigenvalue weighted by atomic mass is 35.5. The number of benzene rings is 1. The molecule has 0 spiro atoms. The van der Waals surface area contributed by atoms with Gasteiger partial charge in [0.25, 0.3) is 0 Å². The Bertz CT molecular complexity index is 584. The van der Waals surface area contributed by atoms with E-state index in [0.717, 1.165) is 4.57 Å². The summed E-state index contributed by atoms with van der Waals surface area (Å²) >= 11 is 10.6. The van der Waals surface area contributed by atoms with Gasteiger partial charge in [0.1, 0.15) is 6.54 Å². The van der Waals surface area contributed by atoms with Crippen molar-refractivity contribution in [3.63, 3.8) is 0 Å². The number of halogens is 4. The lowest BCUT2D eigenvalue weighted by atomic mass is 10.3. The van der Waals surface area contributed by atoms with Gasteiger partial charge in [-0.05, 0) is 30.4 Å². The number of aromatic amines is 1. The first-order valence-corrected chi connectivity index (χ1v) is 5.10. The molecule has 1 heterocycles. The van der Waals surface area contributed by atoms with Gasteiger partial charge in [-0.15, -0.1) is 0 Å². The number of alkyl halides is 3. The monoisotopic (exact) mass is 266 g/mol. The second-order valence-corrected chi connectivity index (χ2v) is 4.12. The number of H-pyrrole nitrogens is 1. The van der Waals surface area contributed by atoms with Crippen LogP contribution in [0.15, 0.2) is 18.2 Å². The fourth-order valence-corrected chi connectivity index (χ4v) is 1.92. The van der Waals surface area contributed by atoms with Crippen molar-refractivity contribution in [3.8, 4) is 0 Å². The second kappa shape index (κ2) is 3.78. The number of nitrogens with zero attached hydrogens (tertiary/aromatic N) is 1. The van der Waals surface area contributed by atoms with E-state index in [1.807, 2.05) is 0 Å². The number of hydrogen-bond donors (Lipinski definition) is 1. The molecule has 86 valence electrons. The van der Waals surface area contributed by atoms with Gasteiger partial charge in [0, 0.05) is 5.02 Å². The highest BCUT2D eigenvalue weighted by Crippen LogP contribution is 2.23. The third-order valence-electron chi connectivity index (χ3n) is 2.07. The molecule has 0 radical (unpaired) electrons. The zero-order valence-corrected chi connectivity index (χ0v) is 9.38. The van der Waals surface area contributed by atoms with E-state index in [9.17, 15) is 13.2 Å². The Balaban J connectivity index is 2.61. The Hall–Kier alpha value is -1.01. The molecule has 0 fully saturated rings. The average molecular weight is 267 g/mol. The van der Waals surface area contributed by atoms with E-state index in [2.05, 4.69) is 4.98 Å². The number of fused-ring (bicyclic) bond motifs is 1. The van der Waals surface area contributed by atoms with E-state index in [1.54, 1.807) is 6.07 Å². The summed E-state index contributed by atoms with van der Waals surface area (Å²) in [5.74, 6) is 0. The molecule has 0 aliphatic heterocycles. The Morgan fingerprint density at radius 3 is 2.69 bits per heavy atom. The van der Waals surface area contributed by atoms with Crippen LogP contribution in [0.3, 0.4) is 0 Å². The molecule has 1 N–H and O–H groups in total. The van der Waals surface area contributed by atoms with Crippen LogP contribution in [0.1, 0.15) is 0 Å². The Morgan fingerprint density at radius 2 is 2.06 bits per heavy atom. The molecule has 0 saturated carbocycles. The number of imidazole rings is 1. The summed E-state index contributed by atoms with van der Waals surface area (Å²) in [6.45, 7) is -1.10. The molecular weight excluding hydrogens is 261 g/mol. The molecular formula is C9H6ClF3N2S. The maximum Gasteiger partial charge on any atom is 0.406 e. The smallest absolute Gasteiger partial charge is 0.331 e. The molecule has 7 heteroatoms. The first-order chi connectivity index (χ1) is 7.37. The molecule has 0 saturated heterocycles. The molecule has 0 bridgehead atoms. The predicted molar refractivity (Wildman–Crippen MR) is 58.2 cm³/mol. The average Bonchev–Trinajstić information content (AvgIpc) is 2.40. The lowest BCUT2D eigenvalue weighted by molar-refractivity contribution is -0.140. The molecule has 1 aromatic carbocycles. The molecule has 0 aliphatic carbocycles. The summed E-state index contributed by atoms with van der Waals surface area (Å²) in [6, 6.07) is 4.58. The van der Waals surface area contributed by atoms with Crippen molar-refractivity contribution in [2.24, 2.45) is 0 Å². The lowest BCUT2D eigenvalue weighted by Gasteiger charge is -2.07. The lowest BCUT2D eigenvalue weighted by Crippen LogP contribution is -2.17. The summed E-state index contributed by atoms with van der Waals surface area (Å²) in [5.41, 5.74) is 0.897. The van der Waals surface area contributed by atoms with Crippen molar-refractivity contribution >= 4 is 34.9 Å². The van der Waals surface area contributed by atoms with Gasteiger partial charge in [0.05, 0.1) is 11.0 Å². The van der Waals surface area contributed by atoms with E-state index >= 15 is 0 Å². The molecule has 2 rings (SSSR count). The van der Waals surface area contributed by atoms with Crippen LogP contribution < -0.4 is 0 Å². The van der Waals surface area contributed by atoms with E-state index in [1.165, 1.54) is 12.1 Å². The summed E-state index contributed by atoms with van der Waals surface area (Å²) in [6.07, 6.45) is -4.30. The third kappa shape index (κ3) is 2.22. The summed E-state index contributed by atoms with van der Waals surface area (Å²) in [7, 11) is 0. The molecule has 0 aliphatic rings. The van der Waals surface area contributed by atoms with Gasteiger partial charge in [0.2, 0.25) is 0 Å². The Labute approximate surface area is 98.6 Å². The largest absolute Gasteiger partial charge is 0.406 e. The van der Waals surface area contributed by atoms with Crippen LogP contribution in [-0.2, 0) is 6.54 Å². The molecule has 2 aromatic rings. The van der Waals surface area contributed by atoms with Crippen LogP contribution in [0.25, 0.3) is 11.0 Å². The SMILES string of the molecule is FC(F)(F)Cn1c(=S)[nH]c2cc(Cl)ccc21. The number of aromatic nitrogens is 2. The highest BCUT2D eigenvalue weighted by molar-refractivity contribution is 7.71. The number of hydrogen-bond acceptors (Lipinski definition) is 1. The maximum atomic E-state index is 12.3. The van der Waals surface area contributed by atoms with Crippen molar-refractivity contribution in [1.29, 1.82) is 0 Å². The van der Waals surface area contributed by atoms with Crippen LogP contribution in [-0.4, -0.2) is 15.7 Å². The first kappa shape index (κ1) is 11.5. The minimum atomic E-state index is -4.30. The van der Waals surface area contributed by atoms with E-state index in [4.69, 9.17) is 23.8 Å². The topological polar surface area (TPSA) is 20.7 Å². The van der Waals surface area contributed by atoms with Gasteiger partial charge in [-0.25, -0.2) is 0 Å². The molecule has 0 atom stereocenters. The number of rotatable bonds is 1. The van der Waals surface area contributed by atoms with Gasteiger partial charge in [-0.2, -0.15) is 13.2 Å². The molecule has 2 nitrogen and oxygen atoms in total. The summed E-state index contributed by atoms with van der Waals surface area (Å²) in [5, 5.41) is 0.447. The fraction of sp³-hybridized carbons (Fsp3) is 0.222. The summed E-state index contributed by atoms with van der Waals surface area (Å²) in [4.78, 5) is 2.68. The zero-order chi connectivity index (χ0) is 11.9. The zero-order valence-electron chi connectivity index (χ0n) is 7.81. The van der Waals surface area contributed by atoms with Crippen molar-refractivity contribution in [2.75, 3.05) is 0 Å². The van der Waals surface area contributed by atoms with E-state index < -0.39 is 12.7 Å². The predicted octanol–water partition coefficient (Wildman–Crippen LogP) is 3.91. The van der Waals surface area contributed by atoms with Crippen LogP contribution in [0.2, 0.25) is 5.02 Å². The number of nitrogens with one attached hydrogen (secondary N) is 1. The van der Waals surface area contributed by atoms with Crippen LogP contribution in [0.5, 0.6) is 0 Å².